The number of amides is 1. The number of nitrogens with zero attached hydrogens (tertiary/aromatic N) is 3. The highest BCUT2D eigenvalue weighted by Gasteiger charge is 2.14. The summed E-state index contributed by atoms with van der Waals surface area (Å²) in [5.74, 6) is 0.103. The van der Waals surface area contributed by atoms with E-state index in [1.807, 2.05) is 61.8 Å². The number of rotatable bonds is 7. The zero-order valence-electron chi connectivity index (χ0n) is 21.4. The maximum atomic E-state index is 12.7. The lowest BCUT2D eigenvalue weighted by Gasteiger charge is -2.29. The number of hydrogen-bond acceptors (Lipinski definition) is 5. The van der Waals surface area contributed by atoms with Crippen LogP contribution in [0.2, 0.25) is 0 Å². The Morgan fingerprint density at radius 2 is 1.81 bits per heavy atom. The maximum absolute atomic E-state index is 12.7. The first kappa shape index (κ1) is 24.7. The fourth-order valence-electron chi connectivity index (χ4n) is 4.67. The summed E-state index contributed by atoms with van der Waals surface area (Å²) in [6.45, 7) is 7.48. The van der Waals surface area contributed by atoms with Crippen molar-refractivity contribution >= 4 is 17.3 Å². The minimum Gasteiger partial charge on any atom is -0.378 e. The van der Waals surface area contributed by atoms with Crippen molar-refractivity contribution in [2.75, 3.05) is 36.5 Å². The summed E-state index contributed by atoms with van der Waals surface area (Å²) in [7, 11) is 0. The van der Waals surface area contributed by atoms with E-state index in [1.54, 1.807) is 0 Å². The standard InChI is InChI=1S/C31H32N4O2/c1-22-6-3-9-26(16-22)31(36)34-27-10-4-7-24(18-27)23(2)17-28-20-32-21-30(33-28)25-8-5-11-29(19-25)35-12-14-37-15-13-35/h3-11,16,18-21,23H,12-15,17H2,1-2H3,(H,34,36)/t23-/m1/s1. The van der Waals surface area contributed by atoms with E-state index in [9.17, 15) is 4.79 Å². The van der Waals surface area contributed by atoms with Crippen molar-refractivity contribution in [2.45, 2.75) is 26.2 Å². The molecule has 3 aromatic carbocycles. The molecule has 2 heterocycles. The Morgan fingerprint density at radius 3 is 2.65 bits per heavy atom. The Hall–Kier alpha value is -4.03. The Morgan fingerprint density at radius 1 is 1.00 bits per heavy atom. The summed E-state index contributed by atoms with van der Waals surface area (Å²) in [4.78, 5) is 24.5. The first-order valence-electron chi connectivity index (χ1n) is 12.8. The second kappa shape index (κ2) is 11.4. The van der Waals surface area contributed by atoms with Crippen LogP contribution in [-0.4, -0.2) is 42.2 Å². The molecule has 0 saturated carbocycles. The summed E-state index contributed by atoms with van der Waals surface area (Å²) >= 11 is 0. The monoisotopic (exact) mass is 492 g/mol. The van der Waals surface area contributed by atoms with Crippen molar-refractivity contribution in [3.8, 4) is 11.3 Å². The van der Waals surface area contributed by atoms with E-state index in [1.165, 1.54) is 5.69 Å². The van der Waals surface area contributed by atoms with E-state index in [0.29, 0.717) is 5.56 Å². The SMILES string of the molecule is Cc1cccc(C(=O)Nc2cccc([C@H](C)Cc3cncc(-c4cccc(N5CCOCC5)c4)n3)c2)c1. The van der Waals surface area contributed by atoms with Crippen molar-refractivity contribution < 1.29 is 9.53 Å². The number of hydrogen-bond donors (Lipinski definition) is 1. The topological polar surface area (TPSA) is 67.4 Å². The van der Waals surface area contributed by atoms with Crippen LogP contribution in [0.15, 0.2) is 85.2 Å². The second-order valence-corrected chi connectivity index (χ2v) is 9.60. The van der Waals surface area contributed by atoms with Gasteiger partial charge in [-0.2, -0.15) is 0 Å². The number of nitrogens with one attached hydrogen (secondary N) is 1. The van der Waals surface area contributed by atoms with Crippen LogP contribution < -0.4 is 10.2 Å². The number of benzene rings is 3. The molecule has 1 aliphatic heterocycles. The van der Waals surface area contributed by atoms with E-state index < -0.39 is 0 Å². The average molecular weight is 493 g/mol. The second-order valence-electron chi connectivity index (χ2n) is 9.60. The molecule has 5 rings (SSSR count). The van der Waals surface area contributed by atoms with Gasteiger partial charge in [-0.3, -0.25) is 9.78 Å². The molecule has 4 aromatic rings. The molecule has 1 aromatic heterocycles. The number of ether oxygens (including phenoxy) is 1. The quantitative estimate of drug-likeness (QED) is 0.349. The fraction of sp³-hybridized carbons (Fsp3) is 0.258. The Bertz CT molecular complexity index is 1380. The van der Waals surface area contributed by atoms with Crippen LogP contribution in [0.3, 0.4) is 0 Å². The molecule has 188 valence electrons. The van der Waals surface area contributed by atoms with Gasteiger partial charge in [0.2, 0.25) is 0 Å². The molecule has 1 aliphatic rings. The van der Waals surface area contributed by atoms with Gasteiger partial charge < -0.3 is 15.0 Å². The predicted octanol–water partition coefficient (Wildman–Crippen LogP) is 5.89. The maximum Gasteiger partial charge on any atom is 0.255 e. The van der Waals surface area contributed by atoms with Crippen LogP contribution in [-0.2, 0) is 11.2 Å². The van der Waals surface area contributed by atoms with Gasteiger partial charge in [0.05, 0.1) is 30.8 Å². The zero-order chi connectivity index (χ0) is 25.6. The van der Waals surface area contributed by atoms with E-state index >= 15 is 0 Å². The zero-order valence-corrected chi connectivity index (χ0v) is 21.4. The molecule has 6 nitrogen and oxygen atoms in total. The third kappa shape index (κ3) is 6.22. The first-order chi connectivity index (χ1) is 18.0. The molecule has 1 atom stereocenters. The van der Waals surface area contributed by atoms with Gasteiger partial charge in [0.25, 0.3) is 5.91 Å². The van der Waals surface area contributed by atoms with Crippen LogP contribution in [0.5, 0.6) is 0 Å². The number of morpholine rings is 1. The van der Waals surface area contributed by atoms with Crippen molar-refractivity contribution in [2.24, 2.45) is 0 Å². The third-order valence-electron chi connectivity index (χ3n) is 6.71. The summed E-state index contributed by atoms with van der Waals surface area (Å²) in [6, 6.07) is 24.1. The van der Waals surface area contributed by atoms with Crippen molar-refractivity contribution in [3.05, 3.63) is 108 Å². The molecule has 0 bridgehead atoms. The summed E-state index contributed by atoms with van der Waals surface area (Å²) < 4.78 is 5.49. The Balaban J connectivity index is 1.28. The molecule has 1 saturated heterocycles. The van der Waals surface area contributed by atoms with Gasteiger partial charge in [0.1, 0.15) is 0 Å². The normalized spacial score (nSPS) is 14.3. The number of aryl methyl sites for hydroxylation is 1. The smallest absolute Gasteiger partial charge is 0.255 e. The van der Waals surface area contributed by atoms with E-state index in [2.05, 4.69) is 52.5 Å². The van der Waals surface area contributed by atoms with Gasteiger partial charge in [-0.1, -0.05) is 48.9 Å². The summed E-state index contributed by atoms with van der Waals surface area (Å²) in [5.41, 5.74) is 7.71. The fourth-order valence-corrected chi connectivity index (χ4v) is 4.67. The molecule has 37 heavy (non-hydrogen) atoms. The summed E-state index contributed by atoms with van der Waals surface area (Å²) in [6.07, 6.45) is 4.42. The lowest BCUT2D eigenvalue weighted by molar-refractivity contribution is 0.102. The van der Waals surface area contributed by atoms with Gasteiger partial charge in [-0.05, 0) is 61.2 Å². The van der Waals surface area contributed by atoms with Gasteiger partial charge in [-0.15, -0.1) is 0 Å². The highest BCUT2D eigenvalue weighted by molar-refractivity contribution is 6.04. The molecule has 0 aliphatic carbocycles. The van der Waals surface area contributed by atoms with Crippen LogP contribution >= 0.6 is 0 Å². The molecular weight excluding hydrogens is 460 g/mol. The van der Waals surface area contributed by atoms with Crippen LogP contribution in [0.4, 0.5) is 11.4 Å². The van der Waals surface area contributed by atoms with E-state index in [0.717, 1.165) is 66.5 Å². The highest BCUT2D eigenvalue weighted by Crippen LogP contribution is 2.26. The summed E-state index contributed by atoms with van der Waals surface area (Å²) in [5, 5.41) is 3.03. The minimum atomic E-state index is -0.105. The molecular formula is C31H32N4O2. The molecule has 0 spiro atoms. The van der Waals surface area contributed by atoms with E-state index in [4.69, 9.17) is 9.72 Å². The number of carbonyl (C=O) groups excluding carboxylic acids is 1. The third-order valence-corrected chi connectivity index (χ3v) is 6.71. The van der Waals surface area contributed by atoms with E-state index in [-0.39, 0.29) is 11.8 Å². The van der Waals surface area contributed by atoms with Crippen LogP contribution in [0, 0.1) is 6.92 Å². The lowest BCUT2D eigenvalue weighted by Crippen LogP contribution is -2.36. The molecule has 0 radical (unpaired) electrons. The predicted molar refractivity (Wildman–Crippen MR) is 148 cm³/mol. The van der Waals surface area contributed by atoms with Gasteiger partial charge >= 0.3 is 0 Å². The first-order valence-corrected chi connectivity index (χ1v) is 12.8. The molecule has 0 unspecified atom stereocenters. The minimum absolute atomic E-state index is 0.105. The average Bonchev–Trinajstić information content (AvgIpc) is 2.94. The number of carbonyl (C=O) groups is 1. The van der Waals surface area contributed by atoms with Crippen molar-refractivity contribution in [3.63, 3.8) is 0 Å². The Kier molecular flexibility index (Phi) is 7.57. The van der Waals surface area contributed by atoms with Crippen molar-refractivity contribution in [1.29, 1.82) is 0 Å². The van der Waals surface area contributed by atoms with Gasteiger partial charge in [0, 0.05) is 41.8 Å². The molecule has 6 heteroatoms. The van der Waals surface area contributed by atoms with Gasteiger partial charge in [0.15, 0.2) is 0 Å². The lowest BCUT2D eigenvalue weighted by atomic mass is 9.95. The van der Waals surface area contributed by atoms with Crippen molar-refractivity contribution in [1.82, 2.24) is 9.97 Å². The van der Waals surface area contributed by atoms with Crippen LogP contribution in [0.25, 0.3) is 11.3 Å². The molecule has 1 N–H and O–H groups in total. The van der Waals surface area contributed by atoms with Gasteiger partial charge in [-0.25, -0.2) is 4.98 Å². The largest absolute Gasteiger partial charge is 0.378 e. The highest BCUT2D eigenvalue weighted by atomic mass is 16.5. The number of anilines is 2. The Labute approximate surface area is 218 Å². The molecule has 1 amide bonds. The number of aromatic nitrogens is 2. The molecule has 1 fully saturated rings. The van der Waals surface area contributed by atoms with Crippen LogP contribution in [0.1, 0.15) is 40.0 Å².